The fourth-order valence-corrected chi connectivity index (χ4v) is 6.16. The lowest BCUT2D eigenvalue weighted by atomic mass is 10.1. The molecule has 0 radical (unpaired) electrons. The average Bonchev–Trinajstić information content (AvgIpc) is 3.31. The maximum Gasteiger partial charge on any atom is 0.534 e. The number of halogens is 3. The van der Waals surface area contributed by atoms with Crippen molar-refractivity contribution in [1.82, 2.24) is 19.7 Å². The molecule has 3 aromatic heterocycles. The van der Waals surface area contributed by atoms with Gasteiger partial charge in [0.15, 0.2) is 11.6 Å². The number of alkyl halides is 3. The van der Waals surface area contributed by atoms with Crippen molar-refractivity contribution in [2.75, 3.05) is 0 Å². The molecule has 0 aliphatic rings. The van der Waals surface area contributed by atoms with E-state index >= 15 is 0 Å². The van der Waals surface area contributed by atoms with Gasteiger partial charge in [-0.05, 0) is 54.8 Å². The summed E-state index contributed by atoms with van der Waals surface area (Å²) in [6.45, 7) is 13.2. The third kappa shape index (κ3) is 6.46. The van der Waals surface area contributed by atoms with Gasteiger partial charge < -0.3 is 9.92 Å². The molecule has 4 aromatic rings. The minimum Gasteiger partial charge on any atom is -0.375 e. The molecule has 220 valence electrons. The van der Waals surface area contributed by atoms with E-state index in [1.54, 1.807) is 37.3 Å². The molecule has 0 fully saturated rings. The minimum absolute atomic E-state index is 0.0680. The van der Waals surface area contributed by atoms with Gasteiger partial charge in [0, 0.05) is 17.3 Å². The smallest absolute Gasteiger partial charge is 0.375 e. The quantitative estimate of drug-likeness (QED) is 0.134. The fourth-order valence-electron chi connectivity index (χ4n) is 4.06. The van der Waals surface area contributed by atoms with Crippen LogP contribution in [0.3, 0.4) is 0 Å². The molecule has 8 nitrogen and oxygen atoms in total. The minimum atomic E-state index is -5.95. The molecule has 0 bridgehead atoms. The number of hydrogen-bond donors (Lipinski definition) is 1. The zero-order chi connectivity index (χ0) is 30.4. The Hall–Kier alpha value is -3.29. The zero-order valence-corrected chi connectivity index (χ0v) is 25.6. The van der Waals surface area contributed by atoms with E-state index in [1.165, 1.54) is 16.9 Å². The van der Waals surface area contributed by atoms with E-state index in [9.17, 15) is 21.6 Å². The van der Waals surface area contributed by atoms with Gasteiger partial charge in [0.2, 0.25) is 0 Å². The molecule has 0 spiro atoms. The van der Waals surface area contributed by atoms with Gasteiger partial charge in [-0.1, -0.05) is 52.0 Å². The summed E-state index contributed by atoms with van der Waals surface area (Å²) in [6, 6.07) is 14.1. The van der Waals surface area contributed by atoms with Gasteiger partial charge in [0.1, 0.15) is 0 Å². The van der Waals surface area contributed by atoms with Gasteiger partial charge in [-0.3, -0.25) is 4.98 Å². The summed E-state index contributed by atoms with van der Waals surface area (Å²) in [7, 11) is -7.51. The van der Waals surface area contributed by atoms with Gasteiger partial charge >= 0.3 is 15.6 Å². The molecule has 0 saturated carbocycles. The summed E-state index contributed by atoms with van der Waals surface area (Å²) in [6.07, 6.45) is 2.02. The molecule has 0 unspecified atom stereocenters. The zero-order valence-electron chi connectivity index (χ0n) is 23.8. The number of nitrogens with two attached hydrogens (primary N) is 1. The fraction of sp³-hybridized carbons (Fsp3) is 0.393. The summed E-state index contributed by atoms with van der Waals surface area (Å²) >= 11 is 0. The first-order valence-corrected chi connectivity index (χ1v) is 17.7. The van der Waals surface area contributed by atoms with Crippen LogP contribution in [0.25, 0.3) is 28.0 Å². The number of nitrogens with zero attached hydrogens (tertiary/aromatic N) is 4. The molecule has 0 aliphatic carbocycles. The van der Waals surface area contributed by atoms with Crippen LogP contribution < -0.4 is 9.92 Å². The van der Waals surface area contributed by atoms with Crippen molar-refractivity contribution < 1.29 is 25.8 Å². The molecule has 41 heavy (non-hydrogen) atoms. The maximum atomic E-state index is 13.3. The van der Waals surface area contributed by atoms with E-state index < -0.39 is 35.5 Å². The number of aromatic nitrogens is 4. The molecule has 0 saturated heterocycles. The molecular weight excluding hydrogens is 571 g/mol. The summed E-state index contributed by atoms with van der Waals surface area (Å²) < 4.78 is 69.8. The van der Waals surface area contributed by atoms with E-state index in [0.717, 1.165) is 18.2 Å². The van der Waals surface area contributed by atoms with E-state index in [2.05, 4.69) is 48.1 Å². The van der Waals surface area contributed by atoms with Crippen LogP contribution in [-0.4, -0.2) is 41.7 Å². The SMILES string of the molecule is C[C@H](N)c1cccc(-c2cc(OS(=O)(=O)C(F)(F)F)c3cnn(-c4cccc(CC[Si](C)(C)C(C)(C)C)n4)c3c2)n1. The predicted octanol–water partition coefficient (Wildman–Crippen LogP) is 6.78. The Morgan fingerprint density at radius 2 is 1.73 bits per heavy atom. The largest absolute Gasteiger partial charge is 0.534 e. The number of hydrogen-bond acceptors (Lipinski definition) is 7. The average molecular weight is 606 g/mol. The Labute approximate surface area is 238 Å². The Morgan fingerprint density at radius 1 is 1.05 bits per heavy atom. The monoisotopic (exact) mass is 605 g/mol. The first kappa shape index (κ1) is 30.7. The van der Waals surface area contributed by atoms with Gasteiger partial charge in [-0.2, -0.15) is 26.7 Å². The van der Waals surface area contributed by atoms with E-state index in [4.69, 9.17) is 10.7 Å². The predicted molar refractivity (Wildman–Crippen MR) is 156 cm³/mol. The highest BCUT2D eigenvalue weighted by atomic mass is 32.2. The number of pyridine rings is 2. The van der Waals surface area contributed by atoms with Crippen LogP contribution in [0.2, 0.25) is 24.2 Å². The summed E-state index contributed by atoms with van der Waals surface area (Å²) in [5, 5.41) is 4.64. The second-order valence-electron chi connectivity index (χ2n) is 11.8. The Morgan fingerprint density at radius 3 is 2.37 bits per heavy atom. The molecule has 3 heterocycles. The second kappa shape index (κ2) is 10.8. The van der Waals surface area contributed by atoms with Crippen LogP contribution in [0.15, 0.2) is 54.7 Å². The summed E-state index contributed by atoms with van der Waals surface area (Å²) in [5.41, 5.74) is 2.77. The van der Waals surface area contributed by atoms with Gasteiger partial charge in [0.05, 0.1) is 36.6 Å². The molecular formula is C28H34F3N5O3SSi. The maximum absolute atomic E-state index is 13.3. The van der Waals surface area contributed by atoms with E-state index in [1.807, 2.05) is 12.1 Å². The lowest BCUT2D eigenvalue weighted by Crippen LogP contribution is -2.37. The standard InChI is InChI=1S/C28H34F3N5O3SSi/c1-18(32)22-10-8-11-23(35-22)19-15-24-21(25(16-19)39-40(37,38)28(29,30)31)17-33-36(24)26-12-7-9-20(34-26)13-14-41(5,6)27(2,3)4/h7-12,15-18H,13-14,32H2,1-6H3/t18-/m0/s1. The molecule has 0 aliphatic heterocycles. The Bertz CT molecular complexity index is 1680. The first-order valence-electron chi connectivity index (χ1n) is 13.1. The molecule has 0 amide bonds. The van der Waals surface area contributed by atoms with Crippen LogP contribution in [0.1, 0.15) is 45.1 Å². The van der Waals surface area contributed by atoms with E-state index in [-0.39, 0.29) is 10.4 Å². The van der Waals surface area contributed by atoms with Crippen LogP contribution in [0.5, 0.6) is 5.75 Å². The lowest BCUT2D eigenvalue weighted by molar-refractivity contribution is -0.0499. The molecule has 13 heteroatoms. The van der Waals surface area contributed by atoms with Crippen molar-refractivity contribution in [1.29, 1.82) is 0 Å². The molecule has 1 aromatic carbocycles. The number of fused-ring (bicyclic) bond motifs is 1. The third-order valence-corrected chi connectivity index (χ3v) is 14.2. The summed E-state index contributed by atoms with van der Waals surface area (Å²) in [5.74, 6) is -0.0880. The van der Waals surface area contributed by atoms with Crippen LogP contribution in [-0.2, 0) is 16.5 Å². The van der Waals surface area contributed by atoms with Crippen molar-refractivity contribution in [3.05, 3.63) is 66.1 Å². The highest BCUT2D eigenvalue weighted by molar-refractivity contribution is 7.88. The number of aryl methyl sites for hydroxylation is 1. The van der Waals surface area contributed by atoms with Crippen molar-refractivity contribution >= 4 is 29.1 Å². The molecule has 1 atom stereocenters. The molecule has 2 N–H and O–H groups in total. The highest BCUT2D eigenvalue weighted by Gasteiger charge is 2.49. The summed E-state index contributed by atoms with van der Waals surface area (Å²) in [4.78, 5) is 9.30. The van der Waals surface area contributed by atoms with Gasteiger partial charge in [-0.15, -0.1) is 0 Å². The van der Waals surface area contributed by atoms with Gasteiger partial charge in [-0.25, -0.2) is 9.67 Å². The first-order chi connectivity index (χ1) is 18.9. The Kier molecular flexibility index (Phi) is 8.11. The normalized spacial score (nSPS) is 13.9. The van der Waals surface area contributed by atoms with Crippen LogP contribution in [0, 0.1) is 0 Å². The van der Waals surface area contributed by atoms with Crippen molar-refractivity contribution in [2.24, 2.45) is 5.73 Å². The van der Waals surface area contributed by atoms with Crippen LogP contribution >= 0.6 is 0 Å². The van der Waals surface area contributed by atoms with E-state index in [0.29, 0.717) is 28.3 Å². The number of benzene rings is 1. The number of rotatable bonds is 8. The molecule has 4 rings (SSSR count). The Balaban J connectivity index is 1.84. The van der Waals surface area contributed by atoms with Crippen LogP contribution in [0.4, 0.5) is 13.2 Å². The third-order valence-electron chi connectivity index (χ3n) is 7.71. The lowest BCUT2D eigenvalue weighted by Gasteiger charge is -2.37. The second-order valence-corrected chi connectivity index (χ2v) is 19.1. The van der Waals surface area contributed by atoms with Gasteiger partial charge in [0.25, 0.3) is 0 Å². The van der Waals surface area contributed by atoms with Crippen molar-refractivity contribution in [3.8, 4) is 22.8 Å². The topological polar surface area (TPSA) is 113 Å². The van der Waals surface area contributed by atoms with Crippen molar-refractivity contribution in [3.63, 3.8) is 0 Å². The highest BCUT2D eigenvalue weighted by Crippen LogP contribution is 2.39. The van der Waals surface area contributed by atoms with Crippen molar-refractivity contribution in [2.45, 2.75) is 69.8 Å².